The van der Waals surface area contributed by atoms with E-state index in [0.717, 1.165) is 31.4 Å². The van der Waals surface area contributed by atoms with Gasteiger partial charge in [0.2, 0.25) is 0 Å². The Bertz CT molecular complexity index is 536. The summed E-state index contributed by atoms with van der Waals surface area (Å²) >= 11 is 1.75. The lowest BCUT2D eigenvalue weighted by atomic mass is 10.2. The third kappa shape index (κ3) is 4.10. The lowest BCUT2D eigenvalue weighted by Crippen LogP contribution is -2.18. The molecule has 3 rings (SSSR count). The van der Waals surface area contributed by atoms with E-state index in [4.69, 9.17) is 4.98 Å². The fraction of sp³-hybridized carbons (Fsp3) is 0.467. The fourth-order valence-corrected chi connectivity index (χ4v) is 2.89. The van der Waals surface area contributed by atoms with Gasteiger partial charge in [-0.3, -0.25) is 9.88 Å². The normalized spacial score (nSPS) is 14.9. The molecule has 4 nitrogen and oxygen atoms in total. The van der Waals surface area contributed by atoms with Gasteiger partial charge in [-0.1, -0.05) is 6.07 Å². The van der Waals surface area contributed by atoms with Gasteiger partial charge < -0.3 is 5.32 Å². The molecule has 0 atom stereocenters. The van der Waals surface area contributed by atoms with Crippen LogP contribution >= 0.6 is 11.3 Å². The van der Waals surface area contributed by atoms with Crippen molar-refractivity contribution in [1.29, 1.82) is 0 Å². The third-order valence-electron chi connectivity index (χ3n) is 3.33. The molecule has 106 valence electrons. The zero-order valence-electron chi connectivity index (χ0n) is 11.7. The summed E-state index contributed by atoms with van der Waals surface area (Å²) in [7, 11) is 2.12. The minimum atomic E-state index is 0.746. The van der Waals surface area contributed by atoms with Gasteiger partial charge in [0.15, 0.2) is 0 Å². The van der Waals surface area contributed by atoms with Gasteiger partial charge in [0.25, 0.3) is 0 Å². The van der Waals surface area contributed by atoms with Crippen LogP contribution in [-0.2, 0) is 19.6 Å². The topological polar surface area (TPSA) is 41.1 Å². The SMILES string of the molecule is CN(Cc1cccnc1)Cc1csc(CNC2CC2)n1. The second-order valence-electron chi connectivity index (χ2n) is 5.42. The molecular formula is C15H20N4S. The molecule has 1 fully saturated rings. The molecular weight excluding hydrogens is 268 g/mol. The van der Waals surface area contributed by atoms with Gasteiger partial charge in [0.1, 0.15) is 5.01 Å². The molecule has 2 aromatic heterocycles. The van der Waals surface area contributed by atoms with Crippen LogP contribution in [0.25, 0.3) is 0 Å². The van der Waals surface area contributed by atoms with Gasteiger partial charge in [0.05, 0.1) is 5.69 Å². The van der Waals surface area contributed by atoms with Crippen molar-refractivity contribution < 1.29 is 0 Å². The van der Waals surface area contributed by atoms with E-state index in [0.29, 0.717) is 0 Å². The Hall–Kier alpha value is -1.30. The second kappa shape index (κ2) is 6.43. The Labute approximate surface area is 123 Å². The van der Waals surface area contributed by atoms with Crippen LogP contribution in [0.1, 0.15) is 29.1 Å². The molecule has 2 aromatic rings. The van der Waals surface area contributed by atoms with E-state index in [1.807, 2.05) is 18.5 Å². The van der Waals surface area contributed by atoms with Gasteiger partial charge in [-0.05, 0) is 31.5 Å². The van der Waals surface area contributed by atoms with Crippen molar-refractivity contribution in [1.82, 2.24) is 20.2 Å². The van der Waals surface area contributed by atoms with Crippen molar-refractivity contribution in [3.8, 4) is 0 Å². The van der Waals surface area contributed by atoms with Crippen LogP contribution in [0.2, 0.25) is 0 Å². The molecule has 5 heteroatoms. The minimum absolute atomic E-state index is 0.746. The van der Waals surface area contributed by atoms with E-state index >= 15 is 0 Å². The third-order valence-corrected chi connectivity index (χ3v) is 4.22. The highest BCUT2D eigenvalue weighted by atomic mass is 32.1. The van der Waals surface area contributed by atoms with Crippen molar-refractivity contribution >= 4 is 11.3 Å². The second-order valence-corrected chi connectivity index (χ2v) is 6.36. The summed E-state index contributed by atoms with van der Waals surface area (Å²) in [6.07, 6.45) is 6.38. The van der Waals surface area contributed by atoms with Gasteiger partial charge in [0, 0.05) is 43.4 Å². The highest BCUT2D eigenvalue weighted by Crippen LogP contribution is 2.20. The quantitative estimate of drug-likeness (QED) is 0.849. The zero-order valence-corrected chi connectivity index (χ0v) is 12.6. The van der Waals surface area contributed by atoms with Crippen LogP contribution in [0.4, 0.5) is 0 Å². The molecule has 0 amide bonds. The van der Waals surface area contributed by atoms with E-state index in [1.165, 1.54) is 23.4 Å². The molecule has 0 aliphatic heterocycles. The highest BCUT2D eigenvalue weighted by molar-refractivity contribution is 7.09. The number of hydrogen-bond acceptors (Lipinski definition) is 5. The van der Waals surface area contributed by atoms with Gasteiger partial charge in [-0.2, -0.15) is 0 Å². The van der Waals surface area contributed by atoms with Gasteiger partial charge >= 0.3 is 0 Å². The largest absolute Gasteiger partial charge is 0.308 e. The number of thiazole rings is 1. The van der Waals surface area contributed by atoms with E-state index < -0.39 is 0 Å². The Kier molecular flexibility index (Phi) is 4.40. The molecule has 0 unspecified atom stereocenters. The maximum absolute atomic E-state index is 4.69. The smallest absolute Gasteiger partial charge is 0.107 e. The van der Waals surface area contributed by atoms with Gasteiger partial charge in [-0.15, -0.1) is 11.3 Å². The summed E-state index contributed by atoms with van der Waals surface area (Å²) in [6.45, 7) is 2.71. The van der Waals surface area contributed by atoms with Crippen LogP contribution in [0.15, 0.2) is 29.9 Å². The Morgan fingerprint density at radius 1 is 1.40 bits per heavy atom. The summed E-state index contributed by atoms with van der Waals surface area (Å²) in [5.74, 6) is 0. The summed E-state index contributed by atoms with van der Waals surface area (Å²) in [6, 6.07) is 4.83. The number of nitrogens with one attached hydrogen (secondary N) is 1. The Morgan fingerprint density at radius 3 is 3.05 bits per heavy atom. The highest BCUT2D eigenvalue weighted by Gasteiger charge is 2.20. The number of rotatable bonds is 7. The number of nitrogens with zero attached hydrogens (tertiary/aromatic N) is 3. The molecule has 0 bridgehead atoms. The summed E-state index contributed by atoms with van der Waals surface area (Å²) in [5.41, 5.74) is 2.40. The first-order chi connectivity index (χ1) is 9.79. The van der Waals surface area contributed by atoms with Crippen molar-refractivity contribution in [2.24, 2.45) is 0 Å². The van der Waals surface area contributed by atoms with E-state index in [9.17, 15) is 0 Å². The number of pyridine rings is 1. The average molecular weight is 288 g/mol. The van der Waals surface area contributed by atoms with Crippen molar-refractivity contribution in [3.05, 3.63) is 46.2 Å². The molecule has 1 aliphatic carbocycles. The van der Waals surface area contributed by atoms with E-state index in [2.05, 4.69) is 33.7 Å². The van der Waals surface area contributed by atoms with Crippen molar-refractivity contribution in [2.75, 3.05) is 7.05 Å². The standard InChI is InChI=1S/C15H20N4S/c1-19(9-12-3-2-6-16-7-12)10-14-11-20-15(18-14)8-17-13-4-5-13/h2-3,6-7,11,13,17H,4-5,8-10H2,1H3. The van der Waals surface area contributed by atoms with E-state index in [-0.39, 0.29) is 0 Å². The molecule has 0 saturated heterocycles. The van der Waals surface area contributed by atoms with Crippen LogP contribution in [0.5, 0.6) is 0 Å². The van der Waals surface area contributed by atoms with E-state index in [1.54, 1.807) is 11.3 Å². The molecule has 0 aromatic carbocycles. The molecule has 20 heavy (non-hydrogen) atoms. The molecule has 1 saturated carbocycles. The summed E-state index contributed by atoms with van der Waals surface area (Å²) in [4.78, 5) is 11.1. The van der Waals surface area contributed by atoms with Crippen molar-refractivity contribution in [2.45, 2.75) is 38.5 Å². The number of hydrogen-bond donors (Lipinski definition) is 1. The monoisotopic (exact) mass is 288 g/mol. The van der Waals surface area contributed by atoms with Gasteiger partial charge in [-0.25, -0.2) is 4.98 Å². The van der Waals surface area contributed by atoms with Crippen LogP contribution in [0, 0.1) is 0 Å². The predicted octanol–water partition coefficient (Wildman–Crippen LogP) is 2.42. The first-order valence-electron chi connectivity index (χ1n) is 7.04. The first kappa shape index (κ1) is 13.7. The molecule has 0 spiro atoms. The van der Waals surface area contributed by atoms with Crippen LogP contribution in [0.3, 0.4) is 0 Å². The Balaban J connectivity index is 1.49. The minimum Gasteiger partial charge on any atom is -0.308 e. The van der Waals surface area contributed by atoms with Crippen molar-refractivity contribution in [3.63, 3.8) is 0 Å². The summed E-state index contributed by atoms with van der Waals surface area (Å²) in [5, 5.41) is 6.87. The van der Waals surface area contributed by atoms with Crippen LogP contribution < -0.4 is 5.32 Å². The lowest BCUT2D eigenvalue weighted by molar-refractivity contribution is 0.315. The molecule has 2 heterocycles. The molecule has 1 aliphatic rings. The molecule has 1 N–H and O–H groups in total. The zero-order chi connectivity index (χ0) is 13.8. The number of aromatic nitrogens is 2. The Morgan fingerprint density at radius 2 is 2.30 bits per heavy atom. The lowest BCUT2D eigenvalue weighted by Gasteiger charge is -2.14. The average Bonchev–Trinajstić information content (AvgIpc) is 3.18. The predicted molar refractivity (Wildman–Crippen MR) is 81.4 cm³/mol. The fourth-order valence-electron chi connectivity index (χ4n) is 2.16. The van der Waals surface area contributed by atoms with Crippen LogP contribution in [-0.4, -0.2) is 28.0 Å². The first-order valence-corrected chi connectivity index (χ1v) is 7.91. The molecule has 0 radical (unpaired) electrons. The maximum atomic E-state index is 4.69. The summed E-state index contributed by atoms with van der Waals surface area (Å²) < 4.78 is 0. The maximum Gasteiger partial charge on any atom is 0.107 e.